The Morgan fingerprint density at radius 3 is 2.70 bits per heavy atom. The third kappa shape index (κ3) is 2.93. The van der Waals surface area contributed by atoms with Crippen LogP contribution in [0.5, 0.6) is 0 Å². The van der Waals surface area contributed by atoms with Crippen molar-refractivity contribution in [3.05, 3.63) is 23.9 Å². The highest BCUT2D eigenvalue weighted by atomic mass is 16.5. The lowest BCUT2D eigenvalue weighted by atomic mass is 9.68. The van der Waals surface area contributed by atoms with Crippen LogP contribution in [0.15, 0.2) is 28.9 Å². The summed E-state index contributed by atoms with van der Waals surface area (Å²) >= 11 is 0. The van der Waals surface area contributed by atoms with Gasteiger partial charge in [0.1, 0.15) is 6.29 Å². The molecule has 2 aliphatic rings. The quantitative estimate of drug-likeness (QED) is 0.434. The third-order valence-electron chi connectivity index (χ3n) is 4.80. The Morgan fingerprint density at radius 1 is 1.35 bits per heavy atom. The second kappa shape index (κ2) is 6.49. The number of aldehydes is 1. The number of rotatable bonds is 5. The first-order chi connectivity index (χ1) is 9.70. The Hall–Kier alpha value is -1.22. The molecule has 0 amide bonds. The summed E-state index contributed by atoms with van der Waals surface area (Å²) < 4.78 is 6.10. The van der Waals surface area contributed by atoms with Gasteiger partial charge in [-0.3, -0.25) is 4.99 Å². The Morgan fingerprint density at radius 2 is 2.10 bits per heavy atom. The molecule has 1 heterocycles. The third-order valence-corrected chi connectivity index (χ3v) is 4.80. The zero-order valence-corrected chi connectivity index (χ0v) is 12.4. The predicted octanol–water partition coefficient (Wildman–Crippen LogP) is 3.85. The van der Waals surface area contributed by atoms with Crippen molar-refractivity contribution in [2.45, 2.75) is 57.5 Å². The van der Waals surface area contributed by atoms with E-state index in [2.05, 4.69) is 11.7 Å². The maximum atomic E-state index is 11.2. The molecule has 3 heteroatoms. The molecule has 2 rings (SSSR count). The van der Waals surface area contributed by atoms with E-state index in [1.54, 1.807) is 0 Å². The topological polar surface area (TPSA) is 38.7 Å². The highest BCUT2D eigenvalue weighted by Gasteiger charge is 2.48. The number of nitrogens with zero attached hydrogens (tertiary/aromatic N) is 1. The van der Waals surface area contributed by atoms with Crippen molar-refractivity contribution in [3.8, 4) is 0 Å². The number of hydrogen-bond donors (Lipinski definition) is 0. The van der Waals surface area contributed by atoms with Gasteiger partial charge in [-0.15, -0.1) is 0 Å². The van der Waals surface area contributed by atoms with E-state index in [4.69, 9.17) is 4.74 Å². The minimum absolute atomic E-state index is 0.0268. The van der Waals surface area contributed by atoms with E-state index in [1.807, 2.05) is 25.2 Å². The van der Waals surface area contributed by atoms with E-state index in [9.17, 15) is 4.79 Å². The van der Waals surface area contributed by atoms with Gasteiger partial charge in [-0.05, 0) is 45.4 Å². The van der Waals surface area contributed by atoms with Crippen molar-refractivity contribution in [3.63, 3.8) is 0 Å². The normalized spacial score (nSPS) is 29.9. The molecule has 1 spiro atoms. The van der Waals surface area contributed by atoms with Crippen LogP contribution in [0.3, 0.4) is 0 Å². The van der Waals surface area contributed by atoms with Crippen LogP contribution in [0.1, 0.15) is 51.9 Å². The van der Waals surface area contributed by atoms with Gasteiger partial charge >= 0.3 is 0 Å². The molecule has 1 saturated heterocycles. The fourth-order valence-corrected chi connectivity index (χ4v) is 3.80. The SMILES string of the molecule is C=N/C(=C\C=C/C)[C@]1(CC=O)CCOC2(CCCC2)C1. The van der Waals surface area contributed by atoms with Crippen molar-refractivity contribution >= 4 is 13.0 Å². The molecule has 0 aromatic rings. The van der Waals surface area contributed by atoms with E-state index < -0.39 is 0 Å². The molecule has 2 fully saturated rings. The van der Waals surface area contributed by atoms with Gasteiger partial charge < -0.3 is 9.53 Å². The Balaban J connectivity index is 2.32. The van der Waals surface area contributed by atoms with Gasteiger partial charge in [0.15, 0.2) is 0 Å². The smallest absolute Gasteiger partial charge is 0.120 e. The standard InChI is InChI=1S/C17H25NO2/c1-3-4-7-15(18-2)16(10-12-19)11-13-20-17(14-16)8-5-6-9-17/h3-4,7,12H,2,5-6,8-11,13-14H2,1H3/b4-3-,15-7-/t16-/m1/s1. The van der Waals surface area contributed by atoms with Crippen molar-refractivity contribution in [2.24, 2.45) is 10.4 Å². The molecule has 1 aliphatic carbocycles. The zero-order chi connectivity index (χ0) is 14.5. The average Bonchev–Trinajstić information content (AvgIpc) is 2.88. The molecule has 0 radical (unpaired) electrons. The van der Waals surface area contributed by atoms with Crippen LogP contribution in [-0.2, 0) is 9.53 Å². The van der Waals surface area contributed by atoms with Crippen LogP contribution in [0, 0.1) is 5.41 Å². The van der Waals surface area contributed by atoms with Crippen LogP contribution < -0.4 is 0 Å². The summed E-state index contributed by atoms with van der Waals surface area (Å²) in [6, 6.07) is 0. The monoisotopic (exact) mass is 275 g/mol. The van der Waals surface area contributed by atoms with Gasteiger partial charge in [0.05, 0.1) is 5.60 Å². The number of carbonyl (C=O) groups excluding carboxylic acids is 1. The van der Waals surface area contributed by atoms with Crippen molar-refractivity contribution < 1.29 is 9.53 Å². The lowest BCUT2D eigenvalue weighted by Gasteiger charge is -2.46. The van der Waals surface area contributed by atoms with E-state index in [0.717, 1.165) is 44.3 Å². The van der Waals surface area contributed by atoms with E-state index in [0.29, 0.717) is 6.42 Å². The fourth-order valence-electron chi connectivity index (χ4n) is 3.80. The lowest BCUT2D eigenvalue weighted by molar-refractivity contribution is -0.125. The molecule has 20 heavy (non-hydrogen) atoms. The predicted molar refractivity (Wildman–Crippen MR) is 81.9 cm³/mol. The lowest BCUT2D eigenvalue weighted by Crippen LogP contribution is -2.44. The van der Waals surface area contributed by atoms with Gasteiger partial charge in [0.25, 0.3) is 0 Å². The van der Waals surface area contributed by atoms with Crippen LogP contribution in [0.25, 0.3) is 0 Å². The van der Waals surface area contributed by atoms with Gasteiger partial charge in [0.2, 0.25) is 0 Å². The summed E-state index contributed by atoms with van der Waals surface area (Å²) in [6.45, 7) is 6.42. The largest absolute Gasteiger partial charge is 0.375 e. The number of hydrogen-bond acceptors (Lipinski definition) is 3. The van der Waals surface area contributed by atoms with Gasteiger partial charge in [-0.2, -0.15) is 0 Å². The summed E-state index contributed by atoms with van der Waals surface area (Å²) in [5.74, 6) is 0. The molecule has 0 N–H and O–H groups in total. The molecule has 0 aromatic heterocycles. The molecule has 0 bridgehead atoms. The summed E-state index contributed by atoms with van der Waals surface area (Å²) in [4.78, 5) is 15.5. The highest BCUT2D eigenvalue weighted by molar-refractivity contribution is 5.53. The number of allylic oxidation sites excluding steroid dienone is 4. The molecule has 1 saturated carbocycles. The van der Waals surface area contributed by atoms with Crippen LogP contribution in [0.4, 0.5) is 0 Å². The van der Waals surface area contributed by atoms with E-state index in [1.165, 1.54) is 12.8 Å². The molecule has 110 valence electrons. The minimum atomic E-state index is -0.189. The van der Waals surface area contributed by atoms with E-state index in [-0.39, 0.29) is 11.0 Å². The van der Waals surface area contributed by atoms with E-state index >= 15 is 0 Å². The summed E-state index contributed by atoms with van der Waals surface area (Å²) in [5.41, 5.74) is 0.726. The second-order valence-corrected chi connectivity index (χ2v) is 6.05. The zero-order valence-electron chi connectivity index (χ0n) is 12.4. The summed E-state index contributed by atoms with van der Waals surface area (Å²) in [5, 5.41) is 0. The molecule has 3 nitrogen and oxygen atoms in total. The van der Waals surface area contributed by atoms with Crippen LogP contribution in [-0.4, -0.2) is 25.2 Å². The average molecular weight is 275 g/mol. The van der Waals surface area contributed by atoms with Gasteiger partial charge in [-0.1, -0.05) is 25.0 Å². The molecular formula is C17H25NO2. The van der Waals surface area contributed by atoms with Crippen molar-refractivity contribution in [1.82, 2.24) is 0 Å². The summed E-state index contributed by atoms with van der Waals surface area (Å²) in [6.07, 6.45) is 13.9. The number of ether oxygens (including phenoxy) is 1. The summed E-state index contributed by atoms with van der Waals surface area (Å²) in [7, 11) is 0. The van der Waals surface area contributed by atoms with Crippen LogP contribution >= 0.6 is 0 Å². The Bertz CT molecular complexity index is 419. The second-order valence-electron chi connectivity index (χ2n) is 6.05. The van der Waals surface area contributed by atoms with Crippen LogP contribution in [0.2, 0.25) is 0 Å². The van der Waals surface area contributed by atoms with Crippen molar-refractivity contribution in [1.29, 1.82) is 0 Å². The Labute approximate surface area is 121 Å². The molecule has 1 aliphatic heterocycles. The van der Waals surface area contributed by atoms with Crippen molar-refractivity contribution in [2.75, 3.05) is 6.61 Å². The first-order valence-corrected chi connectivity index (χ1v) is 7.58. The maximum Gasteiger partial charge on any atom is 0.120 e. The van der Waals surface area contributed by atoms with Gasteiger partial charge in [-0.25, -0.2) is 0 Å². The fraction of sp³-hybridized carbons (Fsp3) is 0.647. The minimum Gasteiger partial charge on any atom is -0.375 e. The number of aliphatic imine (C=N–C) groups is 1. The first-order valence-electron chi connectivity index (χ1n) is 7.58. The molecule has 1 atom stereocenters. The number of carbonyl (C=O) groups is 1. The molecule has 0 unspecified atom stereocenters. The van der Waals surface area contributed by atoms with Gasteiger partial charge in [0, 0.05) is 24.1 Å². The maximum absolute atomic E-state index is 11.2. The molecular weight excluding hydrogens is 250 g/mol. The highest BCUT2D eigenvalue weighted by Crippen LogP contribution is 2.52. The first kappa shape index (κ1) is 15.2. The Kier molecular flexibility index (Phi) is 4.92. The molecule has 0 aromatic carbocycles.